The number of hydrogen-bond donors (Lipinski definition) is 3. The Balaban J connectivity index is 1.70. The molecule has 1 heterocycles. The maximum atomic E-state index is 12.3. The number of amides is 2. The number of esters is 1. The third-order valence-electron chi connectivity index (χ3n) is 4.64. The summed E-state index contributed by atoms with van der Waals surface area (Å²) in [7, 11) is 2.84. The first-order valence-corrected chi connectivity index (χ1v) is 11.3. The quantitative estimate of drug-likeness (QED) is 0.171. The molecule has 0 radical (unpaired) electrons. The van der Waals surface area contributed by atoms with Crippen LogP contribution in [0.5, 0.6) is 11.5 Å². The summed E-state index contributed by atoms with van der Waals surface area (Å²) in [6.07, 6.45) is 1.46. The fourth-order valence-electron chi connectivity index (χ4n) is 2.86. The van der Waals surface area contributed by atoms with E-state index in [4.69, 9.17) is 21.1 Å². The largest absolute Gasteiger partial charge is 0.464 e. The smallest absolute Gasteiger partial charge is 0.356 e. The van der Waals surface area contributed by atoms with Crippen LogP contribution < -0.4 is 20.7 Å². The highest BCUT2D eigenvalue weighted by molar-refractivity contribution is 6.30. The topological polar surface area (TPSA) is 123 Å². The van der Waals surface area contributed by atoms with Crippen LogP contribution in [-0.4, -0.2) is 50.3 Å². The summed E-state index contributed by atoms with van der Waals surface area (Å²) in [4.78, 5) is 32.4. The molecule has 0 aliphatic heterocycles. The Morgan fingerprint density at radius 1 is 0.972 bits per heavy atom. The van der Waals surface area contributed by atoms with Crippen molar-refractivity contribution >= 4 is 35.2 Å². The van der Waals surface area contributed by atoms with Crippen molar-refractivity contribution < 1.29 is 23.8 Å². The van der Waals surface area contributed by atoms with E-state index in [0.29, 0.717) is 41.9 Å². The third-order valence-corrected chi connectivity index (χ3v) is 4.89. The van der Waals surface area contributed by atoms with Gasteiger partial charge in [-0.15, -0.1) is 0 Å². The summed E-state index contributed by atoms with van der Waals surface area (Å²) < 4.78 is 15.4. The van der Waals surface area contributed by atoms with Crippen molar-refractivity contribution in [2.45, 2.75) is 6.54 Å². The van der Waals surface area contributed by atoms with Crippen LogP contribution in [-0.2, 0) is 16.0 Å². The van der Waals surface area contributed by atoms with E-state index in [1.807, 2.05) is 12.1 Å². The van der Waals surface area contributed by atoms with Gasteiger partial charge in [-0.1, -0.05) is 23.7 Å². The van der Waals surface area contributed by atoms with Crippen LogP contribution in [0.25, 0.3) is 0 Å². The van der Waals surface area contributed by atoms with Crippen LogP contribution in [0, 0.1) is 0 Å². The second-order valence-electron chi connectivity index (χ2n) is 7.28. The molecule has 0 saturated carbocycles. The number of halogens is 1. The van der Waals surface area contributed by atoms with Gasteiger partial charge in [0, 0.05) is 37.5 Å². The number of guanidine groups is 1. The average molecular weight is 512 g/mol. The summed E-state index contributed by atoms with van der Waals surface area (Å²) in [5.74, 6) is 0.659. The molecule has 0 aliphatic carbocycles. The van der Waals surface area contributed by atoms with Gasteiger partial charge in [0.1, 0.15) is 11.5 Å². The Morgan fingerprint density at radius 3 is 2.42 bits per heavy atom. The number of ether oxygens (including phenoxy) is 3. The molecular formula is C25H26ClN5O5. The Labute approximate surface area is 213 Å². The third kappa shape index (κ3) is 8.57. The van der Waals surface area contributed by atoms with E-state index in [1.54, 1.807) is 49.6 Å². The molecule has 3 aromatic rings. The number of carbonyl (C=O) groups excluding carboxylic acids is 2. The Hall–Kier alpha value is -4.15. The zero-order chi connectivity index (χ0) is 25.8. The van der Waals surface area contributed by atoms with Gasteiger partial charge < -0.3 is 24.8 Å². The van der Waals surface area contributed by atoms with Crippen molar-refractivity contribution in [1.29, 1.82) is 0 Å². The number of nitrogens with zero attached hydrogens (tertiary/aromatic N) is 2. The molecule has 0 unspecified atom stereocenters. The summed E-state index contributed by atoms with van der Waals surface area (Å²) in [6.45, 7) is 1.16. The van der Waals surface area contributed by atoms with Gasteiger partial charge in [0.2, 0.25) is 5.96 Å². The Kier molecular flexibility index (Phi) is 10.0. The first-order chi connectivity index (χ1) is 17.5. The minimum atomic E-state index is -0.553. The lowest BCUT2D eigenvalue weighted by molar-refractivity contribution is 0.0593. The van der Waals surface area contributed by atoms with Gasteiger partial charge in [-0.3, -0.25) is 5.32 Å². The molecule has 11 heteroatoms. The molecule has 10 nitrogen and oxygen atoms in total. The fraction of sp³-hybridized carbons (Fsp3) is 0.200. The number of nitrogens with one attached hydrogen (secondary N) is 3. The van der Waals surface area contributed by atoms with E-state index in [9.17, 15) is 9.59 Å². The van der Waals surface area contributed by atoms with Crippen LogP contribution >= 0.6 is 11.6 Å². The highest BCUT2D eigenvalue weighted by Crippen LogP contribution is 2.24. The predicted octanol–water partition coefficient (Wildman–Crippen LogP) is 4.04. The van der Waals surface area contributed by atoms with Gasteiger partial charge in [-0.2, -0.15) is 0 Å². The van der Waals surface area contributed by atoms with Gasteiger partial charge in [0.05, 0.1) is 19.4 Å². The SMILES string of the molecule is COCCNC(=O)N/C(=N\c1ccc(Oc2ccnc(C(=O)OC)c2)cc1)NCc1ccc(Cl)cc1. The second-order valence-corrected chi connectivity index (χ2v) is 7.71. The summed E-state index contributed by atoms with van der Waals surface area (Å²) >= 11 is 5.95. The van der Waals surface area contributed by atoms with E-state index < -0.39 is 12.0 Å². The molecule has 3 N–H and O–H groups in total. The van der Waals surface area contributed by atoms with Crippen LogP contribution in [0.2, 0.25) is 5.02 Å². The molecule has 0 fully saturated rings. The highest BCUT2D eigenvalue weighted by atomic mass is 35.5. The second kappa shape index (κ2) is 13.7. The van der Waals surface area contributed by atoms with Crippen LogP contribution in [0.15, 0.2) is 71.9 Å². The van der Waals surface area contributed by atoms with E-state index in [2.05, 4.69) is 30.7 Å². The maximum absolute atomic E-state index is 12.3. The molecule has 188 valence electrons. The van der Waals surface area contributed by atoms with Crippen molar-refractivity contribution in [3.05, 3.63) is 83.1 Å². The van der Waals surface area contributed by atoms with E-state index in [0.717, 1.165) is 5.56 Å². The van der Waals surface area contributed by atoms with E-state index in [-0.39, 0.29) is 11.7 Å². The van der Waals surface area contributed by atoms with Gasteiger partial charge in [-0.05, 0) is 48.0 Å². The molecule has 0 bridgehead atoms. The molecule has 0 atom stereocenters. The van der Waals surface area contributed by atoms with Crippen molar-refractivity contribution in [2.75, 3.05) is 27.4 Å². The molecule has 0 spiro atoms. The standard InChI is InChI=1S/C25H26ClN5O5/c1-34-14-13-28-25(33)31-24(29-16-17-3-5-18(26)6-4-17)30-19-7-9-20(10-8-19)36-21-11-12-27-22(15-21)23(32)35-2/h3-12,15H,13-14,16H2,1-2H3,(H3,28,29,30,31,33). The lowest BCUT2D eigenvalue weighted by atomic mass is 10.2. The maximum Gasteiger partial charge on any atom is 0.356 e. The van der Waals surface area contributed by atoms with E-state index >= 15 is 0 Å². The summed E-state index contributed by atoms with van der Waals surface area (Å²) in [5, 5.41) is 9.16. The zero-order valence-electron chi connectivity index (χ0n) is 19.8. The van der Waals surface area contributed by atoms with E-state index in [1.165, 1.54) is 19.4 Å². The monoisotopic (exact) mass is 511 g/mol. The lowest BCUT2D eigenvalue weighted by Gasteiger charge is -2.13. The van der Waals surface area contributed by atoms with Crippen LogP contribution in [0.1, 0.15) is 16.1 Å². The molecule has 2 amide bonds. The Bertz CT molecular complexity index is 1190. The van der Waals surface area contributed by atoms with Gasteiger partial charge >= 0.3 is 12.0 Å². The minimum absolute atomic E-state index is 0.141. The predicted molar refractivity (Wildman–Crippen MR) is 136 cm³/mol. The number of methoxy groups -OCH3 is 2. The van der Waals surface area contributed by atoms with Crippen LogP contribution in [0.4, 0.5) is 10.5 Å². The molecule has 0 aliphatic rings. The number of rotatable bonds is 9. The summed E-state index contributed by atoms with van der Waals surface area (Å²) in [6, 6.07) is 16.9. The van der Waals surface area contributed by atoms with Gasteiger partial charge in [0.15, 0.2) is 5.69 Å². The average Bonchev–Trinajstić information content (AvgIpc) is 2.89. The molecule has 36 heavy (non-hydrogen) atoms. The highest BCUT2D eigenvalue weighted by Gasteiger charge is 2.09. The van der Waals surface area contributed by atoms with Gasteiger partial charge in [-0.25, -0.2) is 19.6 Å². The molecule has 1 aromatic heterocycles. The fourth-order valence-corrected chi connectivity index (χ4v) is 2.99. The van der Waals surface area contributed by atoms with Crippen molar-refractivity contribution in [2.24, 2.45) is 4.99 Å². The first kappa shape index (κ1) is 26.5. The molecule has 0 saturated heterocycles. The van der Waals surface area contributed by atoms with Crippen molar-refractivity contribution in [3.8, 4) is 11.5 Å². The Morgan fingerprint density at radius 2 is 1.72 bits per heavy atom. The minimum Gasteiger partial charge on any atom is -0.464 e. The van der Waals surface area contributed by atoms with Crippen molar-refractivity contribution in [3.63, 3.8) is 0 Å². The molecule has 2 aromatic carbocycles. The normalized spacial score (nSPS) is 10.9. The van der Waals surface area contributed by atoms with Crippen LogP contribution in [0.3, 0.4) is 0 Å². The number of urea groups is 1. The first-order valence-electron chi connectivity index (χ1n) is 10.9. The number of hydrogen-bond acceptors (Lipinski definition) is 7. The number of pyridine rings is 1. The number of aliphatic imine (C=N–C) groups is 1. The number of aromatic nitrogens is 1. The molecule has 3 rings (SSSR count). The van der Waals surface area contributed by atoms with Crippen molar-refractivity contribution in [1.82, 2.24) is 20.9 Å². The molecular weight excluding hydrogens is 486 g/mol. The number of benzene rings is 2. The summed E-state index contributed by atoms with van der Waals surface area (Å²) in [5.41, 5.74) is 1.67. The lowest BCUT2D eigenvalue weighted by Crippen LogP contribution is -2.46. The van der Waals surface area contributed by atoms with Gasteiger partial charge in [0.25, 0.3) is 0 Å². The number of carbonyl (C=O) groups is 2. The zero-order valence-corrected chi connectivity index (χ0v) is 20.5.